The maximum absolute atomic E-state index is 11.9. The highest BCUT2D eigenvalue weighted by atomic mass is 16.6. The van der Waals surface area contributed by atoms with E-state index in [1.807, 2.05) is 13.8 Å². The van der Waals surface area contributed by atoms with Gasteiger partial charge in [0.25, 0.3) is 0 Å². The van der Waals surface area contributed by atoms with Crippen molar-refractivity contribution in [2.75, 3.05) is 13.7 Å². The van der Waals surface area contributed by atoms with Gasteiger partial charge in [0.05, 0.1) is 19.6 Å². The van der Waals surface area contributed by atoms with Gasteiger partial charge < -0.3 is 14.2 Å². The van der Waals surface area contributed by atoms with Gasteiger partial charge in [0.15, 0.2) is 0 Å². The van der Waals surface area contributed by atoms with Crippen LogP contribution < -0.4 is 0 Å². The van der Waals surface area contributed by atoms with Gasteiger partial charge in [-0.2, -0.15) is 0 Å². The molecule has 0 bridgehead atoms. The lowest BCUT2D eigenvalue weighted by atomic mass is 9.87. The molecule has 1 aliphatic carbocycles. The van der Waals surface area contributed by atoms with E-state index in [0.717, 1.165) is 0 Å². The molecule has 0 N–H and O–H groups in total. The Labute approximate surface area is 118 Å². The molecule has 6 heteroatoms. The summed E-state index contributed by atoms with van der Waals surface area (Å²) in [5, 5.41) is 0. The molecule has 0 aliphatic heterocycles. The van der Waals surface area contributed by atoms with Gasteiger partial charge in [-0.25, -0.2) is 0 Å². The van der Waals surface area contributed by atoms with Crippen molar-refractivity contribution in [3.05, 3.63) is 0 Å². The van der Waals surface area contributed by atoms with Crippen LogP contribution >= 0.6 is 0 Å². The summed E-state index contributed by atoms with van der Waals surface area (Å²) in [5.41, 5.74) is -0.380. The Hall–Kier alpha value is -1.59. The Kier molecular flexibility index (Phi) is 5.14. The van der Waals surface area contributed by atoms with Crippen LogP contribution in [0, 0.1) is 17.3 Å². The average molecular weight is 286 g/mol. The number of methoxy groups -OCH3 is 1. The van der Waals surface area contributed by atoms with Crippen LogP contribution in [0.15, 0.2) is 0 Å². The van der Waals surface area contributed by atoms with E-state index in [4.69, 9.17) is 14.2 Å². The molecule has 0 aromatic rings. The van der Waals surface area contributed by atoms with Gasteiger partial charge in [0.2, 0.25) is 0 Å². The lowest BCUT2D eigenvalue weighted by Crippen LogP contribution is -2.37. The molecule has 1 saturated carbocycles. The Morgan fingerprint density at radius 3 is 2.20 bits per heavy atom. The summed E-state index contributed by atoms with van der Waals surface area (Å²) in [6.45, 7) is 6.50. The monoisotopic (exact) mass is 286 g/mol. The quantitative estimate of drug-likeness (QED) is 0.573. The van der Waals surface area contributed by atoms with Crippen molar-refractivity contribution in [2.45, 2.75) is 40.2 Å². The average Bonchev–Trinajstić information content (AvgIpc) is 2.57. The maximum Gasteiger partial charge on any atom is 0.309 e. The smallest absolute Gasteiger partial charge is 0.309 e. The molecule has 0 aromatic carbocycles. The van der Waals surface area contributed by atoms with Crippen LogP contribution in [0.2, 0.25) is 0 Å². The van der Waals surface area contributed by atoms with Gasteiger partial charge in [0, 0.05) is 25.2 Å². The zero-order valence-electron chi connectivity index (χ0n) is 12.6. The number of ether oxygens (including phenoxy) is 3. The third kappa shape index (κ3) is 3.71. The van der Waals surface area contributed by atoms with E-state index < -0.39 is 24.0 Å². The molecule has 114 valence electrons. The molecule has 0 spiro atoms. The zero-order chi connectivity index (χ0) is 15.5. The van der Waals surface area contributed by atoms with Crippen LogP contribution in [-0.4, -0.2) is 37.7 Å². The van der Waals surface area contributed by atoms with Crippen LogP contribution in [0.1, 0.15) is 34.1 Å². The van der Waals surface area contributed by atoms with Crippen LogP contribution in [-0.2, 0) is 28.6 Å². The van der Waals surface area contributed by atoms with E-state index in [0.29, 0.717) is 6.42 Å². The largest absolute Gasteiger partial charge is 0.469 e. The molecule has 3 atom stereocenters. The highest BCUT2D eigenvalue weighted by molar-refractivity contribution is 5.74. The van der Waals surface area contributed by atoms with E-state index in [9.17, 15) is 14.4 Å². The second-order valence-electron chi connectivity index (χ2n) is 5.82. The van der Waals surface area contributed by atoms with Crippen LogP contribution in [0.25, 0.3) is 0 Å². The van der Waals surface area contributed by atoms with Crippen molar-refractivity contribution in [3.8, 4) is 0 Å². The van der Waals surface area contributed by atoms with Gasteiger partial charge in [-0.1, -0.05) is 13.8 Å². The van der Waals surface area contributed by atoms with Gasteiger partial charge in [-0.3, -0.25) is 14.4 Å². The second kappa shape index (κ2) is 6.24. The summed E-state index contributed by atoms with van der Waals surface area (Å²) < 4.78 is 15.2. The van der Waals surface area contributed by atoms with Crippen LogP contribution in [0.5, 0.6) is 0 Å². The number of esters is 3. The van der Waals surface area contributed by atoms with Crippen molar-refractivity contribution in [2.24, 2.45) is 17.3 Å². The Bertz CT molecular complexity index is 400. The number of carbonyl (C=O) groups is 3. The molecule has 1 rings (SSSR count). The van der Waals surface area contributed by atoms with Crippen molar-refractivity contribution in [1.82, 2.24) is 0 Å². The SMILES string of the molecule is COC(=O)C1CC(C)(C)C(OC(C)=O)C1COC(C)=O. The molecule has 1 aliphatic rings. The topological polar surface area (TPSA) is 78.9 Å². The highest BCUT2D eigenvalue weighted by Gasteiger charge is 2.53. The van der Waals surface area contributed by atoms with E-state index in [1.54, 1.807) is 0 Å². The van der Waals surface area contributed by atoms with Gasteiger partial charge in [-0.05, 0) is 6.42 Å². The molecular formula is C14H22O6. The third-order valence-electron chi connectivity index (χ3n) is 3.70. The van der Waals surface area contributed by atoms with E-state index in [2.05, 4.69) is 0 Å². The molecule has 20 heavy (non-hydrogen) atoms. The molecule has 0 heterocycles. The van der Waals surface area contributed by atoms with E-state index >= 15 is 0 Å². The standard InChI is InChI=1S/C14H22O6/c1-8(15)19-7-11-10(13(17)18-5)6-14(3,4)12(11)20-9(2)16/h10-12H,6-7H2,1-5H3. The number of hydrogen-bond acceptors (Lipinski definition) is 6. The lowest BCUT2D eigenvalue weighted by Gasteiger charge is -2.29. The predicted molar refractivity (Wildman–Crippen MR) is 69.6 cm³/mol. The second-order valence-corrected chi connectivity index (χ2v) is 5.82. The summed E-state index contributed by atoms with van der Waals surface area (Å²) in [5.74, 6) is -2.05. The lowest BCUT2D eigenvalue weighted by molar-refractivity contribution is -0.161. The molecule has 0 radical (unpaired) electrons. The minimum atomic E-state index is -0.483. The Balaban J connectivity index is 2.98. The minimum absolute atomic E-state index is 0.0382. The van der Waals surface area contributed by atoms with Crippen LogP contribution in [0.3, 0.4) is 0 Å². The van der Waals surface area contributed by atoms with Gasteiger partial charge in [-0.15, -0.1) is 0 Å². The predicted octanol–water partition coefficient (Wildman–Crippen LogP) is 1.32. The zero-order valence-corrected chi connectivity index (χ0v) is 12.6. The Morgan fingerprint density at radius 1 is 1.15 bits per heavy atom. The van der Waals surface area contributed by atoms with Crippen molar-refractivity contribution in [3.63, 3.8) is 0 Å². The van der Waals surface area contributed by atoms with Crippen molar-refractivity contribution < 1.29 is 28.6 Å². The fourth-order valence-electron chi connectivity index (χ4n) is 2.88. The molecule has 0 saturated heterocycles. The fourth-order valence-corrected chi connectivity index (χ4v) is 2.88. The summed E-state index contributed by atoms with van der Waals surface area (Å²) >= 11 is 0. The van der Waals surface area contributed by atoms with E-state index in [-0.39, 0.29) is 23.9 Å². The molecule has 0 aromatic heterocycles. The first-order valence-corrected chi connectivity index (χ1v) is 6.57. The van der Waals surface area contributed by atoms with Gasteiger partial charge >= 0.3 is 17.9 Å². The van der Waals surface area contributed by atoms with Crippen molar-refractivity contribution >= 4 is 17.9 Å². The van der Waals surface area contributed by atoms with E-state index in [1.165, 1.54) is 21.0 Å². The van der Waals surface area contributed by atoms with Crippen LogP contribution in [0.4, 0.5) is 0 Å². The first kappa shape index (κ1) is 16.5. The molecule has 6 nitrogen and oxygen atoms in total. The van der Waals surface area contributed by atoms with Gasteiger partial charge in [0.1, 0.15) is 6.10 Å². The Morgan fingerprint density at radius 2 is 1.75 bits per heavy atom. The minimum Gasteiger partial charge on any atom is -0.469 e. The molecular weight excluding hydrogens is 264 g/mol. The molecule has 0 amide bonds. The summed E-state index contributed by atoms with van der Waals surface area (Å²) in [6.07, 6.45) is 0.0345. The first-order chi connectivity index (χ1) is 9.19. The molecule has 3 unspecified atom stereocenters. The summed E-state index contributed by atoms with van der Waals surface area (Å²) in [7, 11) is 1.32. The van der Waals surface area contributed by atoms with Crippen molar-refractivity contribution in [1.29, 1.82) is 0 Å². The number of hydrogen-bond donors (Lipinski definition) is 0. The first-order valence-electron chi connectivity index (χ1n) is 6.57. The normalized spacial score (nSPS) is 27.8. The highest BCUT2D eigenvalue weighted by Crippen LogP contribution is 2.47. The number of rotatable bonds is 4. The fraction of sp³-hybridized carbons (Fsp3) is 0.786. The molecule has 1 fully saturated rings. The summed E-state index contributed by atoms with van der Waals surface area (Å²) in [4.78, 5) is 34.1. The summed E-state index contributed by atoms with van der Waals surface area (Å²) in [6, 6.07) is 0. The maximum atomic E-state index is 11.9. The number of carbonyl (C=O) groups excluding carboxylic acids is 3. The third-order valence-corrected chi connectivity index (χ3v) is 3.70.